The molecular weight excluding hydrogens is 410 g/mol. The molecule has 1 saturated carbocycles. The van der Waals surface area contributed by atoms with Gasteiger partial charge in [-0.25, -0.2) is 8.78 Å². The van der Waals surface area contributed by atoms with Crippen LogP contribution in [-0.2, 0) is 28.6 Å². The summed E-state index contributed by atoms with van der Waals surface area (Å²) in [5.74, 6) is -2.29. The first-order valence-electron chi connectivity index (χ1n) is 9.60. The maximum Gasteiger partial charge on any atom is 0.249 e. The van der Waals surface area contributed by atoms with Crippen LogP contribution in [0.4, 0.5) is 8.78 Å². The monoisotopic (exact) mass is 434 g/mol. The van der Waals surface area contributed by atoms with Gasteiger partial charge >= 0.3 is 0 Å². The summed E-state index contributed by atoms with van der Waals surface area (Å²) in [6, 6.07) is 10.9. The molecule has 4 rings (SSSR count). The highest BCUT2D eigenvalue weighted by atomic mass is 32.2. The van der Waals surface area contributed by atoms with Crippen LogP contribution < -0.4 is 0 Å². The number of aromatic nitrogens is 1. The molecule has 1 aliphatic heterocycles. The summed E-state index contributed by atoms with van der Waals surface area (Å²) < 4.78 is 38.0. The van der Waals surface area contributed by atoms with Gasteiger partial charge in [-0.3, -0.25) is 14.0 Å². The van der Waals surface area contributed by atoms with E-state index in [0.717, 1.165) is 16.7 Å². The van der Waals surface area contributed by atoms with Crippen molar-refractivity contribution in [2.75, 3.05) is 5.75 Å². The zero-order valence-electron chi connectivity index (χ0n) is 16.3. The topological polar surface area (TPSA) is 81.8 Å². The molecule has 1 aromatic carbocycles. The molecule has 2 heterocycles. The normalized spacial score (nSPS) is 22.2. The van der Waals surface area contributed by atoms with Crippen molar-refractivity contribution in [3.63, 3.8) is 0 Å². The van der Waals surface area contributed by atoms with Crippen LogP contribution in [0.5, 0.6) is 0 Å². The number of halogens is 2. The number of pyridine rings is 1. The van der Waals surface area contributed by atoms with Gasteiger partial charge in [0, 0.05) is 48.0 Å². The molecule has 8 heteroatoms. The molecule has 1 aliphatic carbocycles. The highest BCUT2D eigenvalue weighted by Gasteiger charge is 2.45. The first kappa shape index (κ1) is 22.2. The number of rotatable bonds is 6. The van der Waals surface area contributed by atoms with Crippen molar-refractivity contribution < 1.29 is 23.3 Å². The fourth-order valence-corrected chi connectivity index (χ4v) is 4.90. The number of benzene rings is 1. The Morgan fingerprint density at radius 1 is 1.10 bits per heavy atom. The Kier molecular flexibility index (Phi) is 6.77. The van der Waals surface area contributed by atoms with E-state index in [1.165, 1.54) is 0 Å². The molecule has 2 aliphatic rings. The molecule has 1 aromatic heterocycles. The van der Waals surface area contributed by atoms with Crippen molar-refractivity contribution in [3.05, 3.63) is 77.0 Å². The van der Waals surface area contributed by atoms with Crippen LogP contribution in [0.1, 0.15) is 35.4 Å². The summed E-state index contributed by atoms with van der Waals surface area (Å²) in [7, 11) is -1.05. The molecular formula is C22H24F2N2O3S. The second kappa shape index (κ2) is 9.14. The summed E-state index contributed by atoms with van der Waals surface area (Å²) in [4.78, 5) is 18.8. The summed E-state index contributed by atoms with van der Waals surface area (Å²) >= 11 is 0. The largest absolute Gasteiger partial charge is 0.412 e. The molecule has 0 saturated heterocycles. The lowest BCUT2D eigenvalue weighted by Crippen LogP contribution is -2.40. The van der Waals surface area contributed by atoms with Crippen molar-refractivity contribution >= 4 is 16.7 Å². The van der Waals surface area contributed by atoms with E-state index in [0.29, 0.717) is 12.3 Å². The van der Waals surface area contributed by atoms with Crippen LogP contribution in [0, 0.1) is 0 Å². The van der Waals surface area contributed by atoms with E-state index in [1.54, 1.807) is 22.7 Å². The van der Waals surface area contributed by atoms with Crippen LogP contribution in [-0.4, -0.2) is 43.2 Å². The van der Waals surface area contributed by atoms with E-state index in [4.69, 9.17) is 0 Å². The van der Waals surface area contributed by atoms with Gasteiger partial charge in [-0.05, 0) is 34.7 Å². The Balaban J connectivity index is 0.00000256. The van der Waals surface area contributed by atoms with E-state index in [1.807, 2.05) is 42.5 Å². The van der Waals surface area contributed by atoms with Gasteiger partial charge in [-0.15, -0.1) is 0 Å². The SMILES string of the molecule is O.O=C(Cc1ccc(C2CC(F)(F)C2)cc1)N(Cc1ccncc1)C1C=CS(=O)C1. The van der Waals surface area contributed by atoms with Gasteiger partial charge in [-0.2, -0.15) is 0 Å². The molecule has 1 fully saturated rings. The van der Waals surface area contributed by atoms with Gasteiger partial charge in [0.15, 0.2) is 0 Å². The molecule has 2 unspecified atom stereocenters. The number of nitrogens with zero attached hydrogens (tertiary/aromatic N) is 2. The summed E-state index contributed by atoms with van der Waals surface area (Å²) in [6.07, 6.45) is 5.21. The first-order chi connectivity index (χ1) is 13.9. The van der Waals surface area contributed by atoms with Gasteiger partial charge < -0.3 is 10.4 Å². The lowest BCUT2D eigenvalue weighted by molar-refractivity contribution is -0.132. The van der Waals surface area contributed by atoms with Crippen molar-refractivity contribution in [2.45, 2.75) is 43.7 Å². The van der Waals surface area contributed by atoms with Crippen molar-refractivity contribution in [3.8, 4) is 0 Å². The van der Waals surface area contributed by atoms with Crippen LogP contribution in [0.15, 0.2) is 60.3 Å². The molecule has 1 amide bonds. The zero-order valence-corrected chi connectivity index (χ0v) is 17.2. The molecule has 5 nitrogen and oxygen atoms in total. The third kappa shape index (κ3) is 5.17. The highest BCUT2D eigenvalue weighted by molar-refractivity contribution is 7.88. The van der Waals surface area contributed by atoms with Gasteiger partial charge in [0.2, 0.25) is 11.8 Å². The fraction of sp³-hybridized carbons (Fsp3) is 0.364. The van der Waals surface area contributed by atoms with Crippen LogP contribution >= 0.6 is 0 Å². The van der Waals surface area contributed by atoms with Crippen LogP contribution in [0.2, 0.25) is 0 Å². The smallest absolute Gasteiger partial charge is 0.249 e. The lowest BCUT2D eigenvalue weighted by Gasteiger charge is -2.35. The van der Waals surface area contributed by atoms with E-state index < -0.39 is 16.7 Å². The summed E-state index contributed by atoms with van der Waals surface area (Å²) in [5, 5.41) is 1.64. The zero-order chi connectivity index (χ0) is 20.4. The number of carbonyl (C=O) groups excluding carboxylic acids is 1. The highest BCUT2D eigenvalue weighted by Crippen LogP contribution is 2.48. The molecule has 2 N–H and O–H groups in total. The maximum absolute atomic E-state index is 13.1. The molecule has 0 bridgehead atoms. The minimum absolute atomic E-state index is 0. The Hall–Kier alpha value is -2.45. The predicted molar refractivity (Wildman–Crippen MR) is 111 cm³/mol. The van der Waals surface area contributed by atoms with Crippen LogP contribution in [0.25, 0.3) is 0 Å². The minimum Gasteiger partial charge on any atom is -0.412 e. The third-order valence-corrected chi connectivity index (χ3v) is 6.64. The summed E-state index contributed by atoms with van der Waals surface area (Å²) in [5.41, 5.74) is 2.70. The molecule has 0 spiro atoms. The number of carbonyl (C=O) groups is 1. The molecule has 160 valence electrons. The Morgan fingerprint density at radius 3 is 2.33 bits per heavy atom. The molecule has 2 aromatic rings. The second-order valence-corrected chi connectivity index (χ2v) is 9.07. The predicted octanol–water partition coefficient (Wildman–Crippen LogP) is 2.99. The van der Waals surface area contributed by atoms with Gasteiger partial charge in [-0.1, -0.05) is 30.3 Å². The van der Waals surface area contributed by atoms with Gasteiger partial charge in [0.1, 0.15) is 0 Å². The quantitative estimate of drug-likeness (QED) is 0.701. The van der Waals surface area contributed by atoms with Gasteiger partial charge in [0.25, 0.3) is 0 Å². The average molecular weight is 435 g/mol. The number of hydrogen-bond acceptors (Lipinski definition) is 3. The Bertz CT molecular complexity index is 927. The average Bonchev–Trinajstić information content (AvgIpc) is 3.11. The second-order valence-electron chi connectivity index (χ2n) is 7.70. The summed E-state index contributed by atoms with van der Waals surface area (Å²) in [6.45, 7) is 0.419. The van der Waals surface area contributed by atoms with E-state index in [-0.39, 0.29) is 42.6 Å². The fourth-order valence-electron chi connectivity index (χ4n) is 3.81. The lowest BCUT2D eigenvalue weighted by atomic mass is 9.76. The standard InChI is InChI=1S/C22H22F2N2O2S.H2O/c23-22(24)12-19(13-22)18-3-1-16(2-4-18)11-21(27)26(20-7-10-29(28)15-20)14-17-5-8-25-9-6-17;/h1-10,19-20H,11-15H2;1H2. The third-order valence-electron chi connectivity index (χ3n) is 5.51. The number of alkyl halides is 2. The first-order valence-corrected chi connectivity index (χ1v) is 11.0. The molecule has 2 atom stereocenters. The Morgan fingerprint density at radius 2 is 1.77 bits per heavy atom. The minimum atomic E-state index is -2.54. The number of hydrogen-bond donors (Lipinski definition) is 0. The van der Waals surface area contributed by atoms with E-state index in [2.05, 4.69) is 4.98 Å². The van der Waals surface area contributed by atoms with Crippen molar-refractivity contribution in [1.29, 1.82) is 0 Å². The Labute approximate surface area is 176 Å². The molecule has 0 radical (unpaired) electrons. The van der Waals surface area contributed by atoms with E-state index >= 15 is 0 Å². The van der Waals surface area contributed by atoms with Gasteiger partial charge in [0.05, 0.1) is 18.2 Å². The van der Waals surface area contributed by atoms with Crippen LogP contribution in [0.3, 0.4) is 0 Å². The maximum atomic E-state index is 13.1. The molecule has 30 heavy (non-hydrogen) atoms. The number of amides is 1. The van der Waals surface area contributed by atoms with E-state index in [9.17, 15) is 17.8 Å². The van der Waals surface area contributed by atoms with Crippen molar-refractivity contribution in [2.24, 2.45) is 0 Å². The van der Waals surface area contributed by atoms with Crippen molar-refractivity contribution in [1.82, 2.24) is 9.88 Å².